The van der Waals surface area contributed by atoms with Gasteiger partial charge in [-0.2, -0.15) is 0 Å². The first-order valence-electron chi connectivity index (χ1n) is 8.76. The number of aliphatic hydroxyl groups is 1. The molecular weight excluding hydrogens is 310 g/mol. The van der Waals surface area contributed by atoms with Crippen molar-refractivity contribution in [1.82, 2.24) is 4.90 Å². The molecule has 0 spiro atoms. The van der Waals surface area contributed by atoms with E-state index in [0.29, 0.717) is 0 Å². The van der Waals surface area contributed by atoms with Crippen molar-refractivity contribution in [2.45, 2.75) is 51.9 Å². The maximum atomic E-state index is 12.8. The molecule has 6 heteroatoms. The first kappa shape index (κ1) is 17.4. The van der Waals surface area contributed by atoms with E-state index >= 15 is 0 Å². The smallest absolute Gasteiger partial charge is 0.338 e. The minimum Gasteiger partial charge on any atom is -0.460 e. The molecule has 0 aromatic carbocycles. The van der Waals surface area contributed by atoms with Gasteiger partial charge in [0.15, 0.2) is 5.60 Å². The maximum Gasteiger partial charge on any atom is 0.338 e. The van der Waals surface area contributed by atoms with Crippen LogP contribution in [0.15, 0.2) is 11.6 Å². The van der Waals surface area contributed by atoms with Crippen LogP contribution in [0.3, 0.4) is 0 Å². The largest absolute Gasteiger partial charge is 0.460 e. The SMILES string of the molecule is CC(C)C1C(=O)O[C@@H]2CCN3CC=C(COC(=O)[C@@](C)(O)[C@@H]1C)[C@H]23. The molecule has 3 rings (SSSR count). The summed E-state index contributed by atoms with van der Waals surface area (Å²) in [6.07, 6.45) is 2.62. The van der Waals surface area contributed by atoms with Crippen LogP contribution in [-0.2, 0) is 19.1 Å². The quantitative estimate of drug-likeness (QED) is 0.571. The van der Waals surface area contributed by atoms with Gasteiger partial charge in [-0.3, -0.25) is 9.69 Å². The molecule has 0 saturated carbocycles. The average Bonchev–Trinajstić information content (AvgIpc) is 3.06. The summed E-state index contributed by atoms with van der Waals surface area (Å²) in [5.74, 6) is -2.21. The number of rotatable bonds is 1. The minimum absolute atomic E-state index is 0.00656. The zero-order valence-electron chi connectivity index (χ0n) is 14.8. The lowest BCUT2D eigenvalue weighted by Crippen LogP contribution is -2.49. The molecule has 3 aliphatic heterocycles. The normalized spacial score (nSPS) is 40.7. The van der Waals surface area contributed by atoms with E-state index < -0.39 is 23.4 Å². The topological polar surface area (TPSA) is 76.1 Å². The number of carbonyl (C=O) groups is 2. The third-order valence-electron chi connectivity index (χ3n) is 5.88. The highest BCUT2D eigenvalue weighted by Gasteiger charge is 2.49. The Bertz CT molecular complexity index is 568. The molecule has 3 aliphatic rings. The number of hydrogen-bond donors (Lipinski definition) is 1. The van der Waals surface area contributed by atoms with Crippen molar-refractivity contribution in [3.05, 3.63) is 11.6 Å². The molecule has 0 radical (unpaired) electrons. The highest BCUT2D eigenvalue weighted by molar-refractivity contribution is 5.82. The van der Waals surface area contributed by atoms with Gasteiger partial charge in [-0.25, -0.2) is 4.79 Å². The summed E-state index contributed by atoms with van der Waals surface area (Å²) in [4.78, 5) is 27.5. The number of cyclic esters (lactones) is 1. The first-order valence-corrected chi connectivity index (χ1v) is 8.76. The van der Waals surface area contributed by atoms with Gasteiger partial charge in [-0.1, -0.05) is 26.8 Å². The second kappa shape index (κ2) is 6.15. The van der Waals surface area contributed by atoms with Crippen LogP contribution in [-0.4, -0.2) is 59.4 Å². The number of esters is 2. The van der Waals surface area contributed by atoms with Crippen LogP contribution in [0.4, 0.5) is 0 Å². The number of nitrogens with zero attached hydrogens (tertiary/aromatic N) is 1. The molecule has 0 aromatic rings. The van der Waals surface area contributed by atoms with E-state index in [1.165, 1.54) is 6.92 Å². The summed E-state index contributed by atoms with van der Waals surface area (Å²) in [6, 6.07) is -0.00656. The van der Waals surface area contributed by atoms with Crippen molar-refractivity contribution in [2.75, 3.05) is 19.7 Å². The number of carbonyl (C=O) groups excluding carboxylic acids is 2. The van der Waals surface area contributed by atoms with Crippen molar-refractivity contribution in [3.8, 4) is 0 Å². The van der Waals surface area contributed by atoms with Gasteiger partial charge in [0.1, 0.15) is 12.7 Å². The summed E-state index contributed by atoms with van der Waals surface area (Å²) in [7, 11) is 0. The zero-order valence-corrected chi connectivity index (χ0v) is 14.8. The fourth-order valence-corrected chi connectivity index (χ4v) is 4.24. The molecule has 2 fully saturated rings. The molecule has 0 amide bonds. The molecule has 0 aromatic heterocycles. The number of ether oxygens (including phenoxy) is 2. The van der Waals surface area contributed by atoms with Gasteiger partial charge in [0.05, 0.1) is 12.0 Å². The third-order valence-corrected chi connectivity index (χ3v) is 5.88. The Kier molecular flexibility index (Phi) is 4.47. The van der Waals surface area contributed by atoms with Crippen molar-refractivity contribution in [3.63, 3.8) is 0 Å². The van der Waals surface area contributed by atoms with E-state index in [1.807, 2.05) is 19.9 Å². The molecule has 0 bridgehead atoms. The van der Waals surface area contributed by atoms with Crippen LogP contribution in [0.1, 0.15) is 34.1 Å². The van der Waals surface area contributed by atoms with Crippen molar-refractivity contribution in [1.29, 1.82) is 0 Å². The Hall–Kier alpha value is -1.40. The van der Waals surface area contributed by atoms with Gasteiger partial charge >= 0.3 is 11.9 Å². The molecule has 3 heterocycles. The number of hydrogen-bond acceptors (Lipinski definition) is 6. The zero-order chi connectivity index (χ0) is 17.6. The lowest BCUT2D eigenvalue weighted by Gasteiger charge is -2.34. The lowest BCUT2D eigenvalue weighted by molar-refractivity contribution is -0.175. The monoisotopic (exact) mass is 337 g/mol. The third kappa shape index (κ3) is 2.75. The van der Waals surface area contributed by atoms with Crippen LogP contribution in [0.2, 0.25) is 0 Å². The predicted octanol–water partition coefficient (Wildman–Crippen LogP) is 1.13. The highest BCUT2D eigenvalue weighted by Crippen LogP contribution is 2.37. The van der Waals surface area contributed by atoms with Gasteiger partial charge in [0, 0.05) is 19.0 Å². The molecule has 2 saturated heterocycles. The standard InChI is InChI=1S/C18H27NO5/c1-10(2)14-11(3)18(4,22)17(21)23-9-12-5-7-19-8-6-13(15(12)19)24-16(14)20/h5,10-11,13-15,22H,6-9H2,1-4H3/t11-,13-,14?,15-,18+/m1/s1. The molecule has 5 atom stereocenters. The Morgan fingerprint density at radius 3 is 2.75 bits per heavy atom. The minimum atomic E-state index is -1.73. The van der Waals surface area contributed by atoms with E-state index in [1.54, 1.807) is 6.92 Å². The Balaban J connectivity index is 1.96. The summed E-state index contributed by atoms with van der Waals surface area (Å²) >= 11 is 0. The van der Waals surface area contributed by atoms with Crippen molar-refractivity contribution < 1.29 is 24.2 Å². The van der Waals surface area contributed by atoms with E-state index in [0.717, 1.165) is 25.1 Å². The van der Waals surface area contributed by atoms with Gasteiger partial charge in [-0.15, -0.1) is 0 Å². The maximum absolute atomic E-state index is 12.8. The van der Waals surface area contributed by atoms with E-state index in [4.69, 9.17) is 9.47 Å². The van der Waals surface area contributed by atoms with Crippen LogP contribution < -0.4 is 0 Å². The lowest BCUT2D eigenvalue weighted by atomic mass is 9.75. The second-order valence-corrected chi connectivity index (χ2v) is 7.76. The Labute approximate surface area is 142 Å². The van der Waals surface area contributed by atoms with Gasteiger partial charge in [0.25, 0.3) is 0 Å². The molecule has 1 unspecified atom stereocenters. The van der Waals surface area contributed by atoms with Crippen LogP contribution >= 0.6 is 0 Å². The van der Waals surface area contributed by atoms with Gasteiger partial charge in [-0.05, 0) is 24.8 Å². The molecule has 6 nitrogen and oxygen atoms in total. The van der Waals surface area contributed by atoms with Crippen molar-refractivity contribution >= 4 is 11.9 Å². The molecule has 1 N–H and O–H groups in total. The summed E-state index contributed by atoms with van der Waals surface area (Å²) in [5.41, 5.74) is -0.767. The fourth-order valence-electron chi connectivity index (χ4n) is 4.24. The van der Waals surface area contributed by atoms with Gasteiger partial charge < -0.3 is 14.6 Å². The van der Waals surface area contributed by atoms with E-state index in [9.17, 15) is 14.7 Å². The summed E-state index contributed by atoms with van der Waals surface area (Å²) < 4.78 is 11.3. The van der Waals surface area contributed by atoms with Crippen molar-refractivity contribution in [2.24, 2.45) is 17.8 Å². The molecule has 24 heavy (non-hydrogen) atoms. The summed E-state index contributed by atoms with van der Waals surface area (Å²) in [6.45, 7) is 8.75. The average molecular weight is 337 g/mol. The highest BCUT2D eigenvalue weighted by atomic mass is 16.6. The van der Waals surface area contributed by atoms with E-state index in [2.05, 4.69) is 4.90 Å². The fraction of sp³-hybridized carbons (Fsp3) is 0.778. The molecular formula is C18H27NO5. The Morgan fingerprint density at radius 2 is 2.08 bits per heavy atom. The van der Waals surface area contributed by atoms with E-state index in [-0.39, 0.29) is 30.6 Å². The van der Waals surface area contributed by atoms with Crippen LogP contribution in [0.25, 0.3) is 0 Å². The Morgan fingerprint density at radius 1 is 1.38 bits per heavy atom. The second-order valence-electron chi connectivity index (χ2n) is 7.76. The molecule has 0 aliphatic carbocycles. The van der Waals surface area contributed by atoms with Crippen LogP contribution in [0, 0.1) is 17.8 Å². The summed E-state index contributed by atoms with van der Waals surface area (Å²) in [5, 5.41) is 10.7. The first-order chi connectivity index (χ1) is 11.2. The van der Waals surface area contributed by atoms with Crippen LogP contribution in [0.5, 0.6) is 0 Å². The van der Waals surface area contributed by atoms with Gasteiger partial charge in [0.2, 0.25) is 0 Å². The predicted molar refractivity (Wildman–Crippen MR) is 87.0 cm³/mol. The molecule has 134 valence electrons.